The van der Waals surface area contributed by atoms with Crippen LogP contribution in [0.3, 0.4) is 0 Å². The molecule has 0 unspecified atom stereocenters. The Bertz CT molecular complexity index is 1650. The van der Waals surface area contributed by atoms with Gasteiger partial charge < -0.3 is 24.3 Å². The molecule has 2 saturated carbocycles. The molecule has 1 aromatic heterocycles. The summed E-state index contributed by atoms with van der Waals surface area (Å²) in [7, 11) is 0. The Kier molecular flexibility index (Phi) is 6.67. The standard InChI is InChI=1S/C40H51NO4/c1-25(2)12-13-26-14-15-32-30(20-26)31-21-29-16-19-40-37(5,38(29,6)34(31)41-32)18-17-33-39(40,45-40)22-28(23-42)35(44-33)36(3,4)43-24-27-10-8-7-9-11-27/h7-12,14-15,20,28-29,33,35,41-42H,13,16-19,21-24H2,1-6H3/t28-,29-,33-,35-,37+,38+,39+,40-/m0/s1. The fourth-order valence-corrected chi connectivity index (χ4v) is 10.9. The molecule has 0 radical (unpaired) electrons. The molecule has 240 valence electrons. The van der Waals surface area contributed by atoms with Crippen LogP contribution in [0.1, 0.15) is 96.0 Å². The van der Waals surface area contributed by atoms with Crippen LogP contribution in [-0.4, -0.2) is 45.7 Å². The third-order valence-electron chi connectivity index (χ3n) is 13.5. The minimum atomic E-state index is -0.535. The van der Waals surface area contributed by atoms with Gasteiger partial charge in [0.25, 0.3) is 0 Å². The van der Waals surface area contributed by atoms with E-state index in [1.165, 1.54) is 39.7 Å². The van der Waals surface area contributed by atoms with Crippen LogP contribution in [0.4, 0.5) is 0 Å². The molecule has 8 atom stereocenters. The number of allylic oxidation sites excluding steroid dienone is 2. The molecule has 8 rings (SSSR count). The van der Waals surface area contributed by atoms with E-state index in [1.807, 2.05) is 18.2 Å². The third kappa shape index (κ3) is 4.00. The molecule has 2 N–H and O–H groups in total. The fraction of sp³-hybridized carbons (Fsp3) is 0.600. The average Bonchev–Trinajstić information content (AvgIpc) is 3.41. The summed E-state index contributed by atoms with van der Waals surface area (Å²) < 4.78 is 20.8. The summed E-state index contributed by atoms with van der Waals surface area (Å²) in [4.78, 5) is 3.99. The zero-order chi connectivity index (χ0) is 31.4. The molecule has 4 fully saturated rings. The Morgan fingerprint density at radius 3 is 2.62 bits per heavy atom. The van der Waals surface area contributed by atoms with Gasteiger partial charge in [-0.05, 0) is 107 Å². The second-order valence-electron chi connectivity index (χ2n) is 16.2. The van der Waals surface area contributed by atoms with Gasteiger partial charge in [-0.25, -0.2) is 0 Å². The predicted octanol–water partition coefficient (Wildman–Crippen LogP) is 7.97. The number of aliphatic hydroxyl groups excluding tert-OH is 1. The minimum Gasteiger partial charge on any atom is -0.396 e. The summed E-state index contributed by atoms with van der Waals surface area (Å²) >= 11 is 0. The van der Waals surface area contributed by atoms with Crippen molar-refractivity contribution in [2.45, 2.75) is 128 Å². The minimum absolute atomic E-state index is 0.00221. The highest BCUT2D eigenvalue weighted by atomic mass is 16.7. The Balaban J connectivity index is 1.10. The normalized spacial score (nSPS) is 38.1. The second kappa shape index (κ2) is 10.0. The Morgan fingerprint density at radius 1 is 1.07 bits per heavy atom. The van der Waals surface area contributed by atoms with Gasteiger partial charge in [0.05, 0.1) is 24.4 Å². The van der Waals surface area contributed by atoms with Crippen molar-refractivity contribution >= 4 is 10.9 Å². The summed E-state index contributed by atoms with van der Waals surface area (Å²) in [6, 6.07) is 17.4. The zero-order valence-electron chi connectivity index (χ0n) is 28.0. The first kappa shape index (κ1) is 29.9. The van der Waals surface area contributed by atoms with Crippen LogP contribution >= 0.6 is 0 Å². The van der Waals surface area contributed by atoms with E-state index in [4.69, 9.17) is 14.2 Å². The molecule has 5 nitrogen and oxygen atoms in total. The topological polar surface area (TPSA) is 67.0 Å². The predicted molar refractivity (Wildman–Crippen MR) is 178 cm³/mol. The first-order chi connectivity index (χ1) is 21.5. The largest absolute Gasteiger partial charge is 0.396 e. The summed E-state index contributed by atoms with van der Waals surface area (Å²) in [5.74, 6) is 0.569. The van der Waals surface area contributed by atoms with Gasteiger partial charge in [-0.1, -0.05) is 61.9 Å². The number of ether oxygens (including phenoxy) is 3. The Morgan fingerprint density at radius 2 is 1.87 bits per heavy atom. The molecule has 5 heteroatoms. The first-order valence-electron chi connectivity index (χ1n) is 17.4. The zero-order valence-corrected chi connectivity index (χ0v) is 28.0. The monoisotopic (exact) mass is 609 g/mol. The quantitative estimate of drug-likeness (QED) is 0.211. The smallest absolute Gasteiger partial charge is 0.125 e. The van der Waals surface area contributed by atoms with Gasteiger partial charge in [0.1, 0.15) is 11.2 Å². The van der Waals surface area contributed by atoms with Crippen LogP contribution in [0.5, 0.6) is 0 Å². The molecule has 2 saturated heterocycles. The third-order valence-corrected chi connectivity index (χ3v) is 13.5. The molecule has 2 spiro atoms. The van der Waals surface area contributed by atoms with Crippen LogP contribution in [-0.2, 0) is 39.1 Å². The van der Waals surface area contributed by atoms with E-state index >= 15 is 0 Å². The average molecular weight is 610 g/mol. The number of rotatable bonds is 7. The molecule has 0 bridgehead atoms. The van der Waals surface area contributed by atoms with Crippen molar-refractivity contribution in [2.24, 2.45) is 17.3 Å². The van der Waals surface area contributed by atoms with Crippen molar-refractivity contribution in [1.82, 2.24) is 4.98 Å². The maximum absolute atomic E-state index is 10.8. The van der Waals surface area contributed by atoms with Gasteiger partial charge >= 0.3 is 0 Å². The van der Waals surface area contributed by atoms with Gasteiger partial charge in [-0.2, -0.15) is 0 Å². The van der Waals surface area contributed by atoms with E-state index in [1.54, 1.807) is 0 Å². The number of aromatic amines is 1. The molecule has 3 aromatic rings. The Labute approximate surface area is 268 Å². The number of hydrogen-bond acceptors (Lipinski definition) is 4. The van der Waals surface area contributed by atoms with Crippen molar-refractivity contribution in [1.29, 1.82) is 0 Å². The number of benzene rings is 2. The highest BCUT2D eigenvalue weighted by molar-refractivity contribution is 5.87. The SMILES string of the molecule is CC(C)=CCc1ccc2[nH]c3c(c2c1)C[C@@H]1CC[C@@]24O[C@@]25C[C@@H](CO)[C@@H](C(C)(C)OCc2ccccc2)O[C@H]5CC[C@]4(C)[C@@]31C. The Hall–Kier alpha value is -2.44. The molecule has 2 aromatic carbocycles. The molecule has 5 aliphatic rings. The van der Waals surface area contributed by atoms with Crippen LogP contribution in [0, 0.1) is 17.3 Å². The fourth-order valence-electron chi connectivity index (χ4n) is 10.9. The van der Waals surface area contributed by atoms with Gasteiger partial charge in [0.2, 0.25) is 0 Å². The molecule has 3 heterocycles. The number of aliphatic hydroxyl groups is 1. The number of H-pyrrole nitrogens is 1. The van der Waals surface area contributed by atoms with Crippen molar-refractivity contribution in [2.75, 3.05) is 6.61 Å². The lowest BCUT2D eigenvalue weighted by Gasteiger charge is -2.60. The number of epoxide rings is 1. The number of fused-ring (bicyclic) bond motifs is 6. The van der Waals surface area contributed by atoms with Crippen LogP contribution in [0.25, 0.3) is 10.9 Å². The molecule has 3 aliphatic carbocycles. The van der Waals surface area contributed by atoms with Crippen LogP contribution in [0.2, 0.25) is 0 Å². The molecule has 45 heavy (non-hydrogen) atoms. The van der Waals surface area contributed by atoms with Crippen molar-refractivity contribution in [3.8, 4) is 0 Å². The second-order valence-corrected chi connectivity index (χ2v) is 16.2. The van der Waals surface area contributed by atoms with E-state index < -0.39 is 5.60 Å². The van der Waals surface area contributed by atoms with E-state index in [9.17, 15) is 5.11 Å². The maximum atomic E-state index is 10.8. The summed E-state index contributed by atoms with van der Waals surface area (Å²) in [5, 5.41) is 12.2. The van der Waals surface area contributed by atoms with E-state index in [0.29, 0.717) is 12.5 Å². The van der Waals surface area contributed by atoms with Crippen molar-refractivity contribution < 1.29 is 19.3 Å². The lowest BCUT2D eigenvalue weighted by atomic mass is 9.43. The van der Waals surface area contributed by atoms with Crippen molar-refractivity contribution in [3.63, 3.8) is 0 Å². The summed E-state index contributed by atoms with van der Waals surface area (Å²) in [5.41, 5.74) is 7.05. The summed E-state index contributed by atoms with van der Waals surface area (Å²) in [6.07, 6.45) is 9.43. The van der Waals surface area contributed by atoms with E-state index in [-0.39, 0.29) is 46.8 Å². The van der Waals surface area contributed by atoms with Gasteiger partial charge in [-0.3, -0.25) is 0 Å². The first-order valence-corrected chi connectivity index (χ1v) is 17.4. The molecular formula is C40H51NO4. The lowest BCUT2D eigenvalue weighted by Crippen LogP contribution is -2.67. The van der Waals surface area contributed by atoms with Gasteiger partial charge in [0, 0.05) is 40.0 Å². The number of hydrogen-bond donors (Lipinski definition) is 2. The lowest BCUT2D eigenvalue weighted by molar-refractivity contribution is -0.226. The van der Waals surface area contributed by atoms with E-state index in [0.717, 1.165) is 44.1 Å². The van der Waals surface area contributed by atoms with Crippen LogP contribution in [0.15, 0.2) is 60.2 Å². The number of nitrogens with one attached hydrogen (secondary N) is 1. The maximum Gasteiger partial charge on any atom is 0.125 e. The highest BCUT2D eigenvalue weighted by Crippen LogP contribution is 2.80. The number of aromatic nitrogens is 1. The summed E-state index contributed by atoms with van der Waals surface area (Å²) in [6.45, 7) is 14.3. The van der Waals surface area contributed by atoms with Gasteiger partial charge in [-0.15, -0.1) is 0 Å². The highest BCUT2D eigenvalue weighted by Gasteiger charge is 2.87. The van der Waals surface area contributed by atoms with Crippen LogP contribution < -0.4 is 0 Å². The van der Waals surface area contributed by atoms with E-state index in [2.05, 4.69) is 82.9 Å². The molecular weight excluding hydrogens is 558 g/mol. The molecule has 2 aliphatic heterocycles. The van der Waals surface area contributed by atoms with Gasteiger partial charge in [0.15, 0.2) is 0 Å². The molecule has 0 amide bonds. The van der Waals surface area contributed by atoms with Crippen molar-refractivity contribution in [3.05, 3.63) is 82.6 Å².